The summed E-state index contributed by atoms with van der Waals surface area (Å²) in [6, 6.07) is 0. The van der Waals surface area contributed by atoms with Crippen molar-refractivity contribution >= 4 is 22.3 Å². The highest BCUT2D eigenvalue weighted by Crippen LogP contribution is 2.37. The lowest BCUT2D eigenvalue weighted by atomic mass is 10.1. The molecule has 1 saturated heterocycles. The number of nitrogens with two attached hydrogens (primary N) is 1. The summed E-state index contributed by atoms with van der Waals surface area (Å²) in [5.74, 6) is 1.24. The molecular weight excluding hydrogens is 272 g/mol. The van der Waals surface area contributed by atoms with Crippen LogP contribution in [0.5, 0.6) is 0 Å². The van der Waals surface area contributed by atoms with Gasteiger partial charge < -0.3 is 15.2 Å². The van der Waals surface area contributed by atoms with Crippen molar-refractivity contribution in [1.82, 2.24) is 10.1 Å². The van der Waals surface area contributed by atoms with Crippen LogP contribution in [0.3, 0.4) is 0 Å². The van der Waals surface area contributed by atoms with Gasteiger partial charge in [-0.25, -0.2) is 0 Å². The Morgan fingerprint density at radius 1 is 1.15 bits per heavy atom. The van der Waals surface area contributed by atoms with Gasteiger partial charge in [0.2, 0.25) is 0 Å². The van der Waals surface area contributed by atoms with E-state index in [9.17, 15) is 0 Å². The molecule has 0 spiro atoms. The number of hydrogen-bond acceptors (Lipinski definition) is 6. The average Bonchev–Trinajstić information content (AvgIpc) is 2.85. The second-order valence-electron chi connectivity index (χ2n) is 5.32. The van der Waals surface area contributed by atoms with Crippen LogP contribution in [0.15, 0.2) is 4.52 Å². The Balaban J connectivity index is 1.89. The van der Waals surface area contributed by atoms with Crippen LogP contribution in [-0.2, 0) is 0 Å². The second-order valence-corrected chi connectivity index (χ2v) is 6.58. The van der Waals surface area contributed by atoms with Crippen LogP contribution in [0.25, 0.3) is 11.5 Å². The van der Waals surface area contributed by atoms with E-state index in [1.54, 1.807) is 11.3 Å². The van der Waals surface area contributed by atoms with E-state index < -0.39 is 0 Å². The van der Waals surface area contributed by atoms with Gasteiger partial charge in [-0.1, -0.05) is 12.8 Å². The molecule has 0 unspecified atom stereocenters. The van der Waals surface area contributed by atoms with Crippen molar-refractivity contribution in [3.8, 4) is 11.5 Å². The van der Waals surface area contributed by atoms with Gasteiger partial charge in [0.05, 0.1) is 10.6 Å². The highest BCUT2D eigenvalue weighted by atomic mass is 32.1. The molecule has 1 aliphatic heterocycles. The minimum absolute atomic E-state index is 0.545. The standard InChI is InChI=1S/C14H20N4OS/c1-9-10(2)20-12(15)11(9)13-16-14(17-19-13)18-7-5-3-4-6-8-18/h3-8,15H2,1-2H3. The van der Waals surface area contributed by atoms with Crippen molar-refractivity contribution in [3.05, 3.63) is 10.4 Å². The molecule has 2 aromatic heterocycles. The quantitative estimate of drug-likeness (QED) is 0.919. The van der Waals surface area contributed by atoms with Gasteiger partial charge in [-0.3, -0.25) is 0 Å². The molecule has 3 heterocycles. The molecule has 1 fully saturated rings. The molecule has 0 atom stereocenters. The minimum atomic E-state index is 0.545. The summed E-state index contributed by atoms with van der Waals surface area (Å²) in [5, 5.41) is 4.89. The zero-order valence-electron chi connectivity index (χ0n) is 12.0. The molecule has 0 aliphatic carbocycles. The third-order valence-electron chi connectivity index (χ3n) is 3.93. The topological polar surface area (TPSA) is 68.2 Å². The monoisotopic (exact) mass is 292 g/mol. The van der Waals surface area contributed by atoms with Crippen molar-refractivity contribution in [2.45, 2.75) is 39.5 Å². The van der Waals surface area contributed by atoms with Gasteiger partial charge in [0.1, 0.15) is 0 Å². The Morgan fingerprint density at radius 2 is 1.85 bits per heavy atom. The first-order chi connectivity index (χ1) is 9.66. The second kappa shape index (κ2) is 5.44. The van der Waals surface area contributed by atoms with E-state index in [-0.39, 0.29) is 0 Å². The minimum Gasteiger partial charge on any atom is -0.390 e. The van der Waals surface area contributed by atoms with Gasteiger partial charge in [-0.05, 0) is 37.4 Å². The Morgan fingerprint density at radius 3 is 2.45 bits per heavy atom. The maximum Gasteiger partial charge on any atom is 0.266 e. The molecule has 3 rings (SSSR count). The summed E-state index contributed by atoms with van der Waals surface area (Å²) in [6.45, 7) is 6.13. The summed E-state index contributed by atoms with van der Waals surface area (Å²) in [4.78, 5) is 7.97. The first-order valence-electron chi connectivity index (χ1n) is 7.11. The van der Waals surface area contributed by atoms with E-state index in [1.165, 1.54) is 30.6 Å². The average molecular weight is 292 g/mol. The van der Waals surface area contributed by atoms with E-state index >= 15 is 0 Å². The molecule has 5 nitrogen and oxygen atoms in total. The molecule has 0 bridgehead atoms. The molecular formula is C14H20N4OS. The van der Waals surface area contributed by atoms with E-state index in [0.717, 1.165) is 29.2 Å². The van der Waals surface area contributed by atoms with Crippen LogP contribution in [0.2, 0.25) is 0 Å². The highest BCUT2D eigenvalue weighted by molar-refractivity contribution is 7.16. The van der Waals surface area contributed by atoms with E-state index in [0.29, 0.717) is 11.8 Å². The van der Waals surface area contributed by atoms with Crippen molar-refractivity contribution in [3.63, 3.8) is 0 Å². The van der Waals surface area contributed by atoms with Crippen LogP contribution in [0, 0.1) is 13.8 Å². The zero-order valence-corrected chi connectivity index (χ0v) is 12.8. The third kappa shape index (κ3) is 2.40. The fourth-order valence-electron chi connectivity index (χ4n) is 2.64. The number of rotatable bonds is 2. The summed E-state index contributed by atoms with van der Waals surface area (Å²) < 4.78 is 5.44. The smallest absolute Gasteiger partial charge is 0.266 e. The number of aromatic nitrogens is 2. The molecule has 20 heavy (non-hydrogen) atoms. The molecule has 1 aliphatic rings. The fourth-order valence-corrected chi connectivity index (χ4v) is 3.56. The van der Waals surface area contributed by atoms with Crippen LogP contribution < -0.4 is 10.6 Å². The molecule has 0 saturated carbocycles. The highest BCUT2D eigenvalue weighted by Gasteiger charge is 2.21. The lowest BCUT2D eigenvalue weighted by Gasteiger charge is -2.16. The largest absolute Gasteiger partial charge is 0.390 e. The van der Waals surface area contributed by atoms with Crippen LogP contribution in [-0.4, -0.2) is 23.2 Å². The Hall–Kier alpha value is -1.56. The van der Waals surface area contributed by atoms with Crippen LogP contribution in [0.4, 0.5) is 10.9 Å². The third-order valence-corrected chi connectivity index (χ3v) is 4.97. The molecule has 0 amide bonds. The summed E-state index contributed by atoms with van der Waals surface area (Å²) in [5.41, 5.74) is 8.11. The van der Waals surface area contributed by atoms with Crippen molar-refractivity contribution in [2.24, 2.45) is 0 Å². The molecule has 108 valence electrons. The van der Waals surface area contributed by atoms with Gasteiger partial charge in [0, 0.05) is 18.0 Å². The Bertz CT molecular complexity index is 596. The molecule has 0 aromatic carbocycles. The maximum absolute atomic E-state index is 6.06. The zero-order chi connectivity index (χ0) is 14.1. The lowest BCUT2D eigenvalue weighted by Crippen LogP contribution is -2.24. The van der Waals surface area contributed by atoms with Crippen molar-refractivity contribution in [1.29, 1.82) is 0 Å². The van der Waals surface area contributed by atoms with Crippen LogP contribution >= 0.6 is 11.3 Å². The summed E-state index contributed by atoms with van der Waals surface area (Å²) in [7, 11) is 0. The van der Waals surface area contributed by atoms with Crippen molar-refractivity contribution in [2.75, 3.05) is 23.7 Å². The van der Waals surface area contributed by atoms with Crippen molar-refractivity contribution < 1.29 is 4.52 Å². The predicted molar refractivity (Wildman–Crippen MR) is 82.2 cm³/mol. The SMILES string of the molecule is Cc1sc(N)c(-c2nc(N3CCCCCC3)no2)c1C. The number of hydrogen-bond donors (Lipinski definition) is 1. The molecule has 2 aromatic rings. The van der Waals surface area contributed by atoms with Gasteiger partial charge in [-0.2, -0.15) is 4.98 Å². The Kier molecular flexibility index (Phi) is 3.65. The lowest BCUT2D eigenvalue weighted by molar-refractivity contribution is 0.429. The van der Waals surface area contributed by atoms with Gasteiger partial charge in [-0.15, -0.1) is 11.3 Å². The summed E-state index contributed by atoms with van der Waals surface area (Å²) in [6.07, 6.45) is 4.97. The normalized spacial score (nSPS) is 16.4. The fraction of sp³-hybridized carbons (Fsp3) is 0.571. The Labute approximate surface area is 122 Å². The summed E-state index contributed by atoms with van der Waals surface area (Å²) >= 11 is 1.58. The van der Waals surface area contributed by atoms with E-state index in [2.05, 4.69) is 22.0 Å². The van der Waals surface area contributed by atoms with Gasteiger partial charge in [0.25, 0.3) is 11.8 Å². The van der Waals surface area contributed by atoms with Crippen LogP contribution in [0.1, 0.15) is 36.1 Å². The number of nitrogens with zero attached hydrogens (tertiary/aromatic N) is 3. The predicted octanol–water partition coefficient (Wildman–Crippen LogP) is 3.38. The molecule has 2 N–H and O–H groups in total. The maximum atomic E-state index is 6.06. The molecule has 0 radical (unpaired) electrons. The number of nitrogen functional groups attached to an aromatic ring is 1. The number of anilines is 2. The van der Waals surface area contributed by atoms with Gasteiger partial charge >= 0.3 is 0 Å². The van der Waals surface area contributed by atoms with E-state index in [1.807, 2.05) is 6.92 Å². The first-order valence-corrected chi connectivity index (χ1v) is 7.93. The number of aryl methyl sites for hydroxylation is 1. The van der Waals surface area contributed by atoms with E-state index in [4.69, 9.17) is 10.3 Å². The van der Waals surface area contributed by atoms with Gasteiger partial charge in [0.15, 0.2) is 0 Å². The molecule has 6 heteroatoms. The number of thiophene rings is 1. The first kappa shape index (κ1) is 13.4.